The van der Waals surface area contributed by atoms with Crippen molar-refractivity contribution in [2.75, 3.05) is 0 Å². The average molecular weight is 209 g/mol. The summed E-state index contributed by atoms with van der Waals surface area (Å²) in [5.41, 5.74) is 2.38. The molecule has 0 saturated carbocycles. The molecule has 0 atom stereocenters. The molecule has 0 fully saturated rings. The zero-order valence-corrected chi connectivity index (χ0v) is 8.96. The maximum absolute atomic E-state index is 4.26. The van der Waals surface area contributed by atoms with E-state index in [1.165, 1.54) is 10.9 Å². The van der Waals surface area contributed by atoms with Gasteiger partial charge in [-0.25, -0.2) is 9.97 Å². The summed E-state index contributed by atoms with van der Waals surface area (Å²) in [6.45, 7) is 2.10. The highest BCUT2D eigenvalue weighted by Crippen LogP contribution is 2.22. The fraction of sp³-hybridized carbons (Fsp3) is 0.0769. The lowest BCUT2D eigenvalue weighted by molar-refractivity contribution is 0.959. The summed E-state index contributed by atoms with van der Waals surface area (Å²) in [7, 11) is 0. The maximum Gasteiger partial charge on any atom is 0.234 e. The lowest BCUT2D eigenvalue weighted by atomic mass is 10.2. The van der Waals surface area contributed by atoms with Crippen LogP contribution in [0.25, 0.3) is 16.9 Å². The Morgan fingerprint density at radius 3 is 2.56 bits per heavy atom. The number of aryl methyl sites for hydroxylation is 1. The van der Waals surface area contributed by atoms with Crippen molar-refractivity contribution in [1.29, 1.82) is 0 Å². The Hall–Kier alpha value is -2.16. The Labute approximate surface area is 93.4 Å². The molecule has 16 heavy (non-hydrogen) atoms. The number of para-hydroxylation sites is 1. The Morgan fingerprint density at radius 2 is 1.75 bits per heavy atom. The van der Waals surface area contributed by atoms with E-state index >= 15 is 0 Å². The molecule has 0 bridgehead atoms. The summed E-state index contributed by atoms with van der Waals surface area (Å²) in [4.78, 5) is 8.53. The van der Waals surface area contributed by atoms with Crippen LogP contribution < -0.4 is 0 Å². The zero-order chi connectivity index (χ0) is 11.0. The van der Waals surface area contributed by atoms with E-state index in [2.05, 4.69) is 35.2 Å². The molecular weight excluding hydrogens is 198 g/mol. The molecule has 1 aromatic carbocycles. The van der Waals surface area contributed by atoms with Gasteiger partial charge in [0.1, 0.15) is 0 Å². The second-order valence-corrected chi connectivity index (χ2v) is 3.75. The molecule has 0 aliphatic heterocycles. The summed E-state index contributed by atoms with van der Waals surface area (Å²) in [5.74, 6) is 0.715. The van der Waals surface area contributed by atoms with Crippen LogP contribution in [0.5, 0.6) is 0 Å². The van der Waals surface area contributed by atoms with E-state index < -0.39 is 0 Å². The Balaban J connectivity index is 2.33. The molecule has 0 unspecified atom stereocenters. The van der Waals surface area contributed by atoms with Gasteiger partial charge < -0.3 is 0 Å². The van der Waals surface area contributed by atoms with Crippen molar-refractivity contribution in [3.63, 3.8) is 0 Å². The van der Waals surface area contributed by atoms with Crippen molar-refractivity contribution >= 4 is 10.9 Å². The second kappa shape index (κ2) is 3.45. The third-order valence-corrected chi connectivity index (χ3v) is 2.68. The van der Waals surface area contributed by atoms with E-state index in [0.29, 0.717) is 5.95 Å². The first-order valence-electron chi connectivity index (χ1n) is 5.20. The molecule has 2 heterocycles. The fourth-order valence-corrected chi connectivity index (χ4v) is 1.93. The molecule has 0 spiro atoms. The van der Waals surface area contributed by atoms with Crippen molar-refractivity contribution in [3.8, 4) is 5.95 Å². The maximum atomic E-state index is 4.26. The topological polar surface area (TPSA) is 30.7 Å². The van der Waals surface area contributed by atoms with Crippen molar-refractivity contribution in [2.45, 2.75) is 6.92 Å². The largest absolute Gasteiger partial charge is 0.285 e. The van der Waals surface area contributed by atoms with Gasteiger partial charge in [0.15, 0.2) is 0 Å². The minimum Gasteiger partial charge on any atom is -0.285 e. The summed E-state index contributed by atoms with van der Waals surface area (Å²) in [5, 5.41) is 1.25. The molecule has 0 amide bonds. The molecule has 0 N–H and O–H groups in total. The Kier molecular flexibility index (Phi) is 1.96. The van der Waals surface area contributed by atoms with Crippen LogP contribution in [0.4, 0.5) is 0 Å². The number of nitrogens with zero attached hydrogens (tertiary/aromatic N) is 3. The Bertz CT molecular complexity index is 626. The molecule has 78 valence electrons. The van der Waals surface area contributed by atoms with E-state index in [-0.39, 0.29) is 0 Å². The van der Waals surface area contributed by atoms with E-state index in [4.69, 9.17) is 0 Å². The first-order valence-corrected chi connectivity index (χ1v) is 5.20. The lowest BCUT2D eigenvalue weighted by Crippen LogP contribution is -1.97. The van der Waals surface area contributed by atoms with Gasteiger partial charge in [-0.15, -0.1) is 0 Å². The van der Waals surface area contributed by atoms with Crippen LogP contribution in [0.15, 0.2) is 48.9 Å². The van der Waals surface area contributed by atoms with Crippen molar-refractivity contribution in [2.24, 2.45) is 0 Å². The highest BCUT2D eigenvalue weighted by atomic mass is 15.1. The minimum atomic E-state index is 0.715. The summed E-state index contributed by atoms with van der Waals surface area (Å²) in [6.07, 6.45) is 5.58. The van der Waals surface area contributed by atoms with Crippen LogP contribution >= 0.6 is 0 Å². The predicted octanol–water partition coefficient (Wildman–Crippen LogP) is 2.73. The first kappa shape index (κ1) is 9.09. The number of benzene rings is 1. The number of hydrogen-bond donors (Lipinski definition) is 0. The van der Waals surface area contributed by atoms with Gasteiger partial charge in [0, 0.05) is 24.0 Å². The monoisotopic (exact) mass is 209 g/mol. The molecule has 3 nitrogen and oxygen atoms in total. The van der Waals surface area contributed by atoms with Crippen molar-refractivity contribution in [1.82, 2.24) is 14.5 Å². The van der Waals surface area contributed by atoms with Crippen LogP contribution in [0.2, 0.25) is 0 Å². The number of fused-ring (bicyclic) bond motifs is 1. The lowest BCUT2D eigenvalue weighted by Gasteiger charge is -2.01. The molecule has 3 rings (SSSR count). The van der Waals surface area contributed by atoms with Gasteiger partial charge in [-0.05, 0) is 24.6 Å². The first-order chi connectivity index (χ1) is 7.86. The zero-order valence-electron chi connectivity index (χ0n) is 8.96. The predicted molar refractivity (Wildman–Crippen MR) is 63.6 cm³/mol. The third kappa shape index (κ3) is 1.29. The highest BCUT2D eigenvalue weighted by Gasteiger charge is 2.06. The van der Waals surface area contributed by atoms with Crippen LogP contribution in [-0.4, -0.2) is 14.5 Å². The third-order valence-electron chi connectivity index (χ3n) is 2.68. The summed E-state index contributed by atoms with van der Waals surface area (Å²) < 4.78 is 2.02. The van der Waals surface area contributed by atoms with E-state index in [1.54, 1.807) is 12.4 Å². The van der Waals surface area contributed by atoms with Gasteiger partial charge in [0.05, 0.1) is 5.52 Å². The molecule has 3 aromatic rings. The number of rotatable bonds is 1. The fourth-order valence-electron chi connectivity index (χ4n) is 1.93. The van der Waals surface area contributed by atoms with Crippen molar-refractivity contribution in [3.05, 3.63) is 54.5 Å². The van der Waals surface area contributed by atoms with Gasteiger partial charge in [0.2, 0.25) is 5.95 Å². The van der Waals surface area contributed by atoms with Crippen LogP contribution in [-0.2, 0) is 0 Å². The van der Waals surface area contributed by atoms with Crippen LogP contribution in [0, 0.1) is 6.92 Å². The molecule has 0 aliphatic rings. The molecule has 2 aromatic heterocycles. The van der Waals surface area contributed by atoms with Gasteiger partial charge in [-0.2, -0.15) is 0 Å². The second-order valence-electron chi connectivity index (χ2n) is 3.75. The molecule has 3 heteroatoms. The van der Waals surface area contributed by atoms with E-state index in [1.807, 2.05) is 22.8 Å². The normalized spacial score (nSPS) is 10.8. The van der Waals surface area contributed by atoms with Gasteiger partial charge in [0.25, 0.3) is 0 Å². The smallest absolute Gasteiger partial charge is 0.234 e. The number of hydrogen-bond acceptors (Lipinski definition) is 2. The van der Waals surface area contributed by atoms with Gasteiger partial charge >= 0.3 is 0 Å². The SMILES string of the molecule is Cc1cn(-c2ncccn2)c2ccccc12. The summed E-state index contributed by atoms with van der Waals surface area (Å²) >= 11 is 0. The summed E-state index contributed by atoms with van der Waals surface area (Å²) in [6, 6.07) is 10.1. The molecule has 0 radical (unpaired) electrons. The standard InChI is InChI=1S/C13H11N3/c1-10-9-16(13-14-7-4-8-15-13)12-6-3-2-5-11(10)12/h2-9H,1H3. The van der Waals surface area contributed by atoms with E-state index in [9.17, 15) is 0 Å². The molecular formula is C13H11N3. The van der Waals surface area contributed by atoms with Crippen molar-refractivity contribution < 1.29 is 0 Å². The van der Waals surface area contributed by atoms with Gasteiger partial charge in [-0.3, -0.25) is 4.57 Å². The van der Waals surface area contributed by atoms with Crippen LogP contribution in [0.1, 0.15) is 5.56 Å². The quantitative estimate of drug-likeness (QED) is 0.617. The molecule has 0 saturated heterocycles. The minimum absolute atomic E-state index is 0.715. The average Bonchev–Trinajstić information content (AvgIpc) is 2.69. The Morgan fingerprint density at radius 1 is 1.00 bits per heavy atom. The molecule has 0 aliphatic carbocycles. The van der Waals surface area contributed by atoms with Crippen LogP contribution in [0.3, 0.4) is 0 Å². The van der Waals surface area contributed by atoms with Gasteiger partial charge in [-0.1, -0.05) is 18.2 Å². The highest BCUT2D eigenvalue weighted by molar-refractivity contribution is 5.84. The number of aromatic nitrogens is 3. The van der Waals surface area contributed by atoms with E-state index in [0.717, 1.165) is 5.52 Å².